The molecule has 8 aromatic heterocycles. The molecular formula is C120H78N14. The standard InChI is InChI=1S/C70H42N8.C50H36N6/c71-43-54-63(70-73-68(44-23-3-1-4-24-44)72-69(74-70)45-25-5-2-6-26-45)65(76-57-37-17-9-29-48(57)49-30-10-18-38-58(49)76)67(78-61-41-21-13-33-52(61)53-34-14-22-42-62(53)78)66(77-59-39-19-11-31-50(59)51-32-12-20-40-60(51)77)64(54)75-55-35-15-7-27-46(55)47-28-8-16-36-56(47)75;1-30-16-20-42-37(24-30)38-25-31(2)17-21-43(38)55(42)36-28-41(51-5)47(46(29-36)56-44-22-18-32(3)26-39(44)40-27-33(4)19-23-45(40)56)50-53-48(34-12-8-6-9-13-34)52-49(54-50)35-14-10-7-11-15-35/h1-42H;6-29H,1-4H3. The van der Waals surface area contributed by atoms with Gasteiger partial charge in [-0.2, -0.15) is 5.26 Å². The molecule has 0 saturated carbocycles. The van der Waals surface area contributed by atoms with Crippen LogP contribution < -0.4 is 0 Å². The van der Waals surface area contributed by atoms with E-state index in [2.05, 4.69) is 339 Å². The van der Waals surface area contributed by atoms with E-state index < -0.39 is 0 Å². The summed E-state index contributed by atoms with van der Waals surface area (Å²) in [4.78, 5) is 36.2. The number of aromatic nitrogens is 12. The van der Waals surface area contributed by atoms with Gasteiger partial charge in [-0.3, -0.25) is 0 Å². The number of para-hydroxylation sites is 8. The molecule has 14 nitrogen and oxygen atoms in total. The molecule has 134 heavy (non-hydrogen) atoms. The highest BCUT2D eigenvalue weighted by atomic mass is 15.2. The number of nitriles is 1. The smallest absolute Gasteiger partial charge is 0.202 e. The Morgan fingerprint density at radius 2 is 0.463 bits per heavy atom. The number of hydrogen-bond acceptors (Lipinski definition) is 7. The Hall–Kier alpha value is -18.2. The predicted octanol–water partition coefficient (Wildman–Crippen LogP) is 30.0. The lowest BCUT2D eigenvalue weighted by Crippen LogP contribution is -2.17. The van der Waals surface area contributed by atoms with Gasteiger partial charge in [-0.1, -0.05) is 313 Å². The van der Waals surface area contributed by atoms with Gasteiger partial charge in [0.1, 0.15) is 6.07 Å². The molecule has 26 rings (SSSR count). The summed E-state index contributed by atoms with van der Waals surface area (Å²) in [6.07, 6.45) is 0. The van der Waals surface area contributed by atoms with Gasteiger partial charge in [-0.15, -0.1) is 0 Å². The Bertz CT molecular complexity index is 9020. The molecule has 18 aromatic carbocycles. The molecule has 8 heterocycles. The molecule has 0 bridgehead atoms. The zero-order chi connectivity index (χ0) is 89.5. The predicted molar refractivity (Wildman–Crippen MR) is 548 cm³/mol. The summed E-state index contributed by atoms with van der Waals surface area (Å²) in [6, 6.07) is 143. The second-order valence-corrected chi connectivity index (χ2v) is 34.5. The lowest BCUT2D eigenvalue weighted by molar-refractivity contribution is 1.01. The average molecular weight is 1720 g/mol. The van der Waals surface area contributed by atoms with Gasteiger partial charge in [0.25, 0.3) is 0 Å². The fraction of sp³-hybridized carbons (Fsp3) is 0.0333. The Kier molecular flexibility index (Phi) is 18.2. The van der Waals surface area contributed by atoms with Crippen molar-refractivity contribution in [1.82, 2.24) is 57.3 Å². The van der Waals surface area contributed by atoms with Crippen LogP contribution in [-0.2, 0) is 0 Å². The average Bonchev–Trinajstić information content (AvgIpc) is 1.49. The summed E-state index contributed by atoms with van der Waals surface area (Å²) in [7, 11) is 0. The minimum atomic E-state index is 0.355. The monoisotopic (exact) mass is 1710 g/mol. The molecule has 26 aromatic rings. The Morgan fingerprint density at radius 3 is 0.754 bits per heavy atom. The van der Waals surface area contributed by atoms with Crippen LogP contribution in [0.25, 0.3) is 238 Å². The van der Waals surface area contributed by atoms with Crippen molar-refractivity contribution in [3.63, 3.8) is 0 Å². The molecule has 0 fully saturated rings. The van der Waals surface area contributed by atoms with E-state index in [1.807, 2.05) is 127 Å². The van der Waals surface area contributed by atoms with Gasteiger partial charge in [-0.05, 0) is 137 Å². The van der Waals surface area contributed by atoms with Crippen molar-refractivity contribution >= 4 is 137 Å². The lowest BCUT2D eigenvalue weighted by Gasteiger charge is -2.29. The van der Waals surface area contributed by atoms with E-state index in [0.717, 1.165) is 171 Å². The molecule has 0 saturated heterocycles. The van der Waals surface area contributed by atoms with Crippen molar-refractivity contribution in [2.24, 2.45) is 0 Å². The fourth-order valence-electron chi connectivity index (χ4n) is 20.6. The summed E-state index contributed by atoms with van der Waals surface area (Å²) in [6.45, 7) is 17.3. The summed E-state index contributed by atoms with van der Waals surface area (Å²) < 4.78 is 14.2. The maximum atomic E-state index is 12.9. The van der Waals surface area contributed by atoms with Crippen LogP contribution in [0, 0.1) is 45.6 Å². The van der Waals surface area contributed by atoms with Crippen LogP contribution >= 0.6 is 0 Å². The van der Waals surface area contributed by atoms with Crippen LogP contribution in [0.4, 0.5) is 5.69 Å². The van der Waals surface area contributed by atoms with Crippen molar-refractivity contribution < 1.29 is 0 Å². The largest absolute Gasteiger partial charge is 0.310 e. The highest BCUT2D eigenvalue weighted by Crippen LogP contribution is 2.53. The topological polar surface area (TPSA) is 135 Å². The van der Waals surface area contributed by atoms with Crippen LogP contribution in [0.15, 0.2) is 400 Å². The summed E-state index contributed by atoms with van der Waals surface area (Å²) in [5.74, 6) is 2.85. The molecular weight excluding hydrogens is 1640 g/mol. The fourth-order valence-corrected chi connectivity index (χ4v) is 20.6. The van der Waals surface area contributed by atoms with Gasteiger partial charge < -0.3 is 27.4 Å². The summed E-state index contributed by atoms with van der Waals surface area (Å²) >= 11 is 0. The third kappa shape index (κ3) is 12.4. The van der Waals surface area contributed by atoms with Gasteiger partial charge in [0.05, 0.1) is 107 Å². The van der Waals surface area contributed by atoms with Gasteiger partial charge in [0.15, 0.2) is 34.9 Å². The van der Waals surface area contributed by atoms with Gasteiger partial charge in [0.2, 0.25) is 5.69 Å². The van der Waals surface area contributed by atoms with Crippen molar-refractivity contribution in [3.8, 4) is 109 Å². The van der Waals surface area contributed by atoms with E-state index in [1.165, 1.54) is 33.0 Å². The van der Waals surface area contributed by atoms with Crippen molar-refractivity contribution in [2.75, 3.05) is 0 Å². The molecule has 14 heteroatoms. The molecule has 0 aliphatic heterocycles. The highest BCUT2D eigenvalue weighted by molar-refractivity contribution is 6.19. The molecule has 0 radical (unpaired) electrons. The first-order valence-corrected chi connectivity index (χ1v) is 45.0. The van der Waals surface area contributed by atoms with Crippen LogP contribution in [0.1, 0.15) is 27.8 Å². The number of fused-ring (bicyclic) bond motifs is 18. The molecule has 0 aliphatic carbocycles. The normalized spacial score (nSPS) is 11.7. The maximum absolute atomic E-state index is 12.9. The van der Waals surface area contributed by atoms with Crippen LogP contribution in [-0.4, -0.2) is 57.3 Å². The molecule has 0 aliphatic rings. The van der Waals surface area contributed by atoms with Gasteiger partial charge >= 0.3 is 0 Å². The van der Waals surface area contributed by atoms with Gasteiger partial charge in [0, 0.05) is 104 Å². The van der Waals surface area contributed by atoms with Crippen molar-refractivity contribution in [3.05, 3.63) is 440 Å². The first-order chi connectivity index (χ1) is 66.1. The SMILES string of the molecule is N#Cc1c(-c2nc(-c3ccccc3)nc(-c3ccccc3)n2)c(-n2c3ccccc3c3ccccc32)c(-n2c3ccccc3c3ccccc32)c(-n2c3ccccc3c3ccccc32)c1-n1c2ccccc2c2ccccc21.[C-]#[N+]c1cc(-n2c3ccc(C)cc3c3cc(C)ccc32)cc(-n2c3ccc(C)cc3c3cc(C)ccc32)c1-c1nc(-c2ccccc2)nc(-c2ccccc2)n1. The number of aryl methyl sites for hydroxylation is 4. The third-order valence-corrected chi connectivity index (χ3v) is 26.4. The third-order valence-electron chi connectivity index (χ3n) is 26.4. The number of nitrogens with zero attached hydrogens (tertiary/aromatic N) is 14. The second-order valence-electron chi connectivity index (χ2n) is 34.5. The van der Waals surface area contributed by atoms with E-state index in [-0.39, 0.29) is 0 Å². The van der Waals surface area contributed by atoms with Crippen molar-refractivity contribution in [1.29, 1.82) is 5.26 Å². The van der Waals surface area contributed by atoms with E-state index in [9.17, 15) is 5.26 Å². The summed E-state index contributed by atoms with van der Waals surface area (Å²) in [5, 5.41) is 26.2. The first-order valence-electron chi connectivity index (χ1n) is 45.0. The zero-order valence-corrected chi connectivity index (χ0v) is 73.4. The molecule has 0 N–H and O–H groups in total. The molecule has 0 spiro atoms. The maximum Gasteiger partial charge on any atom is 0.202 e. The second kappa shape index (κ2) is 31.3. The molecule has 0 amide bonds. The Morgan fingerprint density at radius 1 is 0.224 bits per heavy atom. The zero-order valence-electron chi connectivity index (χ0n) is 73.4. The van der Waals surface area contributed by atoms with Crippen molar-refractivity contribution in [2.45, 2.75) is 27.7 Å². The molecule has 0 unspecified atom stereocenters. The van der Waals surface area contributed by atoms with E-state index in [1.54, 1.807) is 0 Å². The molecule has 628 valence electrons. The number of hydrogen-bond donors (Lipinski definition) is 0. The van der Waals surface area contributed by atoms with E-state index in [0.29, 0.717) is 63.0 Å². The quantitative estimate of drug-likeness (QED) is 0.111. The molecule has 0 atom stereocenters. The first kappa shape index (κ1) is 78.1. The van der Waals surface area contributed by atoms with Gasteiger partial charge in [-0.25, -0.2) is 34.7 Å². The van der Waals surface area contributed by atoms with Crippen LogP contribution in [0.5, 0.6) is 0 Å². The summed E-state index contributed by atoms with van der Waals surface area (Å²) in [5.41, 5.74) is 27.0. The van der Waals surface area contributed by atoms with E-state index in [4.69, 9.17) is 36.5 Å². The minimum Gasteiger partial charge on any atom is -0.310 e. The van der Waals surface area contributed by atoms with Crippen LogP contribution in [0.2, 0.25) is 0 Å². The van der Waals surface area contributed by atoms with Crippen LogP contribution in [0.3, 0.4) is 0 Å². The minimum absolute atomic E-state index is 0.355. The Labute approximate surface area is 769 Å². The number of benzene rings is 18. The van der Waals surface area contributed by atoms with E-state index >= 15 is 0 Å². The Balaban J connectivity index is 0.000000152. The number of rotatable bonds is 12. The lowest BCUT2D eigenvalue weighted by atomic mass is 9.96. The highest BCUT2D eigenvalue weighted by Gasteiger charge is 2.37.